The van der Waals surface area contributed by atoms with Gasteiger partial charge in [0.25, 0.3) is 5.91 Å². The number of anilines is 1. The Kier molecular flexibility index (Phi) is 5.96. The number of rotatable bonds is 6. The van der Waals surface area contributed by atoms with E-state index in [1.807, 2.05) is 50.2 Å². The lowest BCUT2D eigenvalue weighted by atomic mass is 9.68. The molecule has 3 aliphatic rings. The Morgan fingerprint density at radius 2 is 1.53 bits per heavy atom. The summed E-state index contributed by atoms with van der Waals surface area (Å²) in [5.41, 5.74) is 2.10. The largest absolute Gasteiger partial charge is 0.321 e. The van der Waals surface area contributed by atoms with Gasteiger partial charge in [-0.1, -0.05) is 42.5 Å². The van der Waals surface area contributed by atoms with Gasteiger partial charge in [0.15, 0.2) is 0 Å². The van der Waals surface area contributed by atoms with Gasteiger partial charge < -0.3 is 10.2 Å². The molecule has 0 saturated carbocycles. The van der Waals surface area contributed by atoms with Crippen LogP contribution >= 0.6 is 0 Å². The van der Waals surface area contributed by atoms with Crippen LogP contribution in [0.2, 0.25) is 0 Å². The van der Waals surface area contributed by atoms with E-state index in [0.717, 1.165) is 44.5 Å². The molecule has 2 N–H and O–H groups in total. The van der Waals surface area contributed by atoms with Crippen LogP contribution in [0, 0.1) is 12.3 Å². The number of piperidine rings is 3. The number of nitrogens with zero attached hydrogens (tertiary/aromatic N) is 1. The molecular weight excluding hydrogens is 446 g/mol. The van der Waals surface area contributed by atoms with Gasteiger partial charge in [0, 0.05) is 28.1 Å². The first-order valence-electron chi connectivity index (χ1n) is 11.9. The minimum atomic E-state index is -3.75. The van der Waals surface area contributed by atoms with Gasteiger partial charge in [-0.2, -0.15) is 0 Å². The van der Waals surface area contributed by atoms with Crippen LogP contribution in [-0.2, 0) is 10.0 Å². The number of carbonyl (C=O) groups is 1. The summed E-state index contributed by atoms with van der Waals surface area (Å²) < 4.78 is 30.1. The normalized spacial score (nSPS) is 23.1. The maximum atomic E-state index is 13.6. The zero-order valence-corrected chi connectivity index (χ0v) is 20.5. The van der Waals surface area contributed by atoms with E-state index in [-0.39, 0.29) is 22.3 Å². The molecule has 0 aliphatic carbocycles. The van der Waals surface area contributed by atoms with E-state index in [0.29, 0.717) is 22.0 Å². The van der Waals surface area contributed by atoms with Crippen LogP contribution in [-0.4, -0.2) is 44.9 Å². The Hall–Kier alpha value is -2.74. The monoisotopic (exact) mass is 477 g/mol. The van der Waals surface area contributed by atoms with E-state index in [1.165, 1.54) is 0 Å². The van der Waals surface area contributed by atoms with Gasteiger partial charge in [-0.25, -0.2) is 13.1 Å². The van der Waals surface area contributed by atoms with Crippen LogP contribution in [0.25, 0.3) is 10.8 Å². The average molecular weight is 478 g/mol. The molecule has 2 bridgehead atoms. The number of amides is 1. The summed E-state index contributed by atoms with van der Waals surface area (Å²) in [7, 11) is -3.75. The second-order valence-electron chi connectivity index (χ2n) is 9.72. The molecular formula is C27H31N3O3S. The summed E-state index contributed by atoms with van der Waals surface area (Å²) in [6.07, 6.45) is 3.09. The van der Waals surface area contributed by atoms with Gasteiger partial charge in [-0.3, -0.25) is 4.79 Å². The number of fused-ring (bicyclic) bond motifs is 4. The quantitative estimate of drug-likeness (QED) is 0.546. The van der Waals surface area contributed by atoms with Gasteiger partial charge in [0.05, 0.1) is 4.90 Å². The molecule has 7 heteroatoms. The van der Waals surface area contributed by atoms with Crippen LogP contribution in [0.4, 0.5) is 5.69 Å². The number of aryl methyl sites for hydroxylation is 1. The zero-order valence-electron chi connectivity index (χ0n) is 19.7. The van der Waals surface area contributed by atoms with Gasteiger partial charge in [0.2, 0.25) is 10.0 Å². The van der Waals surface area contributed by atoms with E-state index >= 15 is 0 Å². The molecule has 34 heavy (non-hydrogen) atoms. The minimum absolute atomic E-state index is 0.0269. The highest BCUT2D eigenvalue weighted by Gasteiger charge is 2.44. The topological polar surface area (TPSA) is 78.5 Å². The lowest BCUT2D eigenvalue weighted by Gasteiger charge is -2.51. The van der Waals surface area contributed by atoms with Crippen molar-refractivity contribution in [2.45, 2.75) is 44.0 Å². The van der Waals surface area contributed by atoms with Gasteiger partial charge in [-0.15, -0.1) is 0 Å². The lowest BCUT2D eigenvalue weighted by molar-refractivity contribution is 0.00716. The molecule has 1 amide bonds. The number of hydrogen-bond donors (Lipinski definition) is 2. The van der Waals surface area contributed by atoms with E-state index < -0.39 is 10.0 Å². The molecule has 0 aromatic heterocycles. The van der Waals surface area contributed by atoms with Crippen LogP contribution in [0.15, 0.2) is 65.6 Å². The number of benzene rings is 3. The molecule has 178 valence electrons. The predicted octanol–water partition coefficient (Wildman–Crippen LogP) is 4.55. The van der Waals surface area contributed by atoms with Crippen LogP contribution in [0.5, 0.6) is 0 Å². The van der Waals surface area contributed by atoms with Crippen molar-refractivity contribution in [3.63, 3.8) is 0 Å². The molecule has 3 saturated heterocycles. The standard InChI is InChI=1S/C27H31N3O3S/c1-19-7-3-4-8-21(19)26(31)28-24-11-12-25(23-10-6-5-9-22(23)24)34(32,33)29-20(2)27-13-16-30(17-14-27)18-15-27/h3-12,20,29H,13-18H2,1-2H3,(H,28,31)/t20-/m1/s1. The summed E-state index contributed by atoms with van der Waals surface area (Å²) >= 11 is 0. The van der Waals surface area contributed by atoms with Crippen molar-refractivity contribution in [2.75, 3.05) is 25.0 Å². The molecule has 3 aromatic carbocycles. The maximum Gasteiger partial charge on any atom is 0.255 e. The fraction of sp³-hybridized carbons (Fsp3) is 0.370. The van der Waals surface area contributed by atoms with Crippen molar-refractivity contribution in [3.8, 4) is 0 Å². The molecule has 3 fully saturated rings. The van der Waals surface area contributed by atoms with Gasteiger partial charge in [-0.05, 0) is 81.9 Å². The SMILES string of the molecule is Cc1ccccc1C(=O)Nc1ccc(S(=O)(=O)N[C@H](C)C23CCN(CC2)CC3)c2ccccc12. The van der Waals surface area contributed by atoms with Gasteiger partial charge in [0.1, 0.15) is 0 Å². The molecule has 0 unspecified atom stereocenters. The van der Waals surface area contributed by atoms with Crippen LogP contribution < -0.4 is 10.0 Å². The van der Waals surface area contributed by atoms with E-state index in [4.69, 9.17) is 0 Å². The summed E-state index contributed by atoms with van der Waals surface area (Å²) in [5.74, 6) is -0.214. The van der Waals surface area contributed by atoms with Crippen LogP contribution in [0.1, 0.15) is 42.1 Å². The molecule has 0 spiro atoms. The minimum Gasteiger partial charge on any atom is -0.321 e. The molecule has 6 nitrogen and oxygen atoms in total. The van der Waals surface area contributed by atoms with Crippen molar-refractivity contribution >= 4 is 32.4 Å². The first-order valence-corrected chi connectivity index (χ1v) is 13.4. The number of hydrogen-bond acceptors (Lipinski definition) is 4. The summed E-state index contributed by atoms with van der Waals surface area (Å²) in [6, 6.07) is 17.9. The first kappa shape index (κ1) is 23.0. The molecule has 6 rings (SSSR count). The second-order valence-corrected chi connectivity index (χ2v) is 11.4. The summed E-state index contributed by atoms with van der Waals surface area (Å²) in [5, 5.41) is 4.27. The Bertz CT molecular complexity index is 1330. The summed E-state index contributed by atoms with van der Waals surface area (Å²) in [6.45, 7) is 7.04. The smallest absolute Gasteiger partial charge is 0.255 e. The maximum absolute atomic E-state index is 13.6. The number of nitrogens with one attached hydrogen (secondary N) is 2. The molecule has 3 aliphatic heterocycles. The van der Waals surface area contributed by atoms with E-state index in [9.17, 15) is 13.2 Å². The second kappa shape index (κ2) is 8.80. The first-order chi connectivity index (χ1) is 16.3. The number of sulfonamides is 1. The molecule has 3 heterocycles. The van der Waals surface area contributed by atoms with Crippen molar-refractivity contribution in [2.24, 2.45) is 5.41 Å². The Balaban J connectivity index is 1.45. The molecule has 3 aromatic rings. The zero-order chi connectivity index (χ0) is 23.9. The Labute approximate surface area is 201 Å². The third kappa shape index (κ3) is 4.13. The average Bonchev–Trinajstić information content (AvgIpc) is 2.85. The third-order valence-electron chi connectivity index (χ3n) is 7.84. The highest BCUT2D eigenvalue weighted by atomic mass is 32.2. The fourth-order valence-corrected chi connectivity index (χ4v) is 7.11. The number of carbonyl (C=O) groups excluding carboxylic acids is 1. The van der Waals surface area contributed by atoms with Crippen molar-refractivity contribution < 1.29 is 13.2 Å². The Morgan fingerprint density at radius 1 is 0.912 bits per heavy atom. The summed E-state index contributed by atoms with van der Waals surface area (Å²) in [4.78, 5) is 15.6. The van der Waals surface area contributed by atoms with Crippen molar-refractivity contribution in [1.29, 1.82) is 0 Å². The van der Waals surface area contributed by atoms with Gasteiger partial charge >= 0.3 is 0 Å². The van der Waals surface area contributed by atoms with Crippen molar-refractivity contribution in [3.05, 3.63) is 71.8 Å². The van der Waals surface area contributed by atoms with E-state index in [1.54, 1.807) is 24.3 Å². The van der Waals surface area contributed by atoms with Crippen LogP contribution in [0.3, 0.4) is 0 Å². The third-order valence-corrected chi connectivity index (χ3v) is 9.44. The van der Waals surface area contributed by atoms with E-state index in [2.05, 4.69) is 14.9 Å². The van der Waals surface area contributed by atoms with Crippen molar-refractivity contribution in [1.82, 2.24) is 9.62 Å². The highest BCUT2D eigenvalue weighted by molar-refractivity contribution is 7.89. The lowest BCUT2D eigenvalue weighted by Crippen LogP contribution is -2.56. The predicted molar refractivity (Wildman–Crippen MR) is 136 cm³/mol. The molecule has 1 atom stereocenters. The fourth-order valence-electron chi connectivity index (χ4n) is 5.56. The Morgan fingerprint density at radius 3 is 2.21 bits per heavy atom. The molecule has 0 radical (unpaired) electrons. The highest BCUT2D eigenvalue weighted by Crippen LogP contribution is 2.43.